The molecule has 0 heterocycles. The molecule has 0 saturated carbocycles. The Kier molecular flexibility index (Phi) is 5.66. The number of anilines is 1. The molecule has 0 fully saturated rings. The maximum absolute atomic E-state index is 12.9. The highest BCUT2D eigenvalue weighted by atomic mass is 32.2. The van der Waals surface area contributed by atoms with Gasteiger partial charge in [-0.25, -0.2) is 0 Å². The Morgan fingerprint density at radius 1 is 0.885 bits per heavy atom. The number of hydrogen-bond acceptors (Lipinski definition) is 4. The summed E-state index contributed by atoms with van der Waals surface area (Å²) < 4.78 is 0. The summed E-state index contributed by atoms with van der Waals surface area (Å²) in [4.78, 5) is 24.6. The molecule has 0 saturated heterocycles. The number of carbonyl (C=O) groups is 1. The molecule has 0 aromatic heterocycles. The Labute approximate surface area is 155 Å². The molecule has 3 aromatic rings. The van der Waals surface area contributed by atoms with E-state index in [1.165, 1.54) is 23.9 Å². The van der Waals surface area contributed by atoms with E-state index in [0.717, 1.165) is 10.5 Å². The van der Waals surface area contributed by atoms with Crippen LogP contribution >= 0.6 is 11.8 Å². The van der Waals surface area contributed by atoms with Gasteiger partial charge in [-0.3, -0.25) is 14.9 Å². The highest BCUT2D eigenvalue weighted by molar-refractivity contribution is 8.00. The molecular formula is C20H16N2O3S. The summed E-state index contributed by atoms with van der Waals surface area (Å²) in [5, 5.41) is 13.4. The third-order valence-corrected chi connectivity index (χ3v) is 4.96. The van der Waals surface area contributed by atoms with Crippen LogP contribution in [0.1, 0.15) is 10.8 Å². The van der Waals surface area contributed by atoms with Crippen LogP contribution in [-0.4, -0.2) is 10.8 Å². The molecule has 1 N–H and O–H groups in total. The van der Waals surface area contributed by atoms with E-state index in [2.05, 4.69) is 5.32 Å². The summed E-state index contributed by atoms with van der Waals surface area (Å²) in [5.41, 5.74) is 0.895. The predicted octanol–water partition coefficient (Wildman–Crippen LogP) is 5.07. The van der Waals surface area contributed by atoms with Gasteiger partial charge in [0.05, 0.1) is 4.92 Å². The van der Waals surface area contributed by atoms with Crippen LogP contribution in [0, 0.1) is 10.1 Å². The molecule has 0 spiro atoms. The lowest BCUT2D eigenvalue weighted by molar-refractivity contribution is -0.383. The van der Waals surface area contributed by atoms with Crippen molar-refractivity contribution in [1.82, 2.24) is 0 Å². The van der Waals surface area contributed by atoms with Gasteiger partial charge in [-0.05, 0) is 23.8 Å². The smallest absolute Gasteiger partial charge is 0.292 e. The molecule has 1 amide bonds. The third kappa shape index (κ3) is 4.29. The minimum absolute atomic E-state index is 0.127. The van der Waals surface area contributed by atoms with Crippen LogP contribution in [0.25, 0.3) is 0 Å². The second kappa shape index (κ2) is 8.31. The van der Waals surface area contributed by atoms with Crippen molar-refractivity contribution >= 4 is 29.0 Å². The highest BCUT2D eigenvalue weighted by Crippen LogP contribution is 2.36. The maximum atomic E-state index is 12.9. The van der Waals surface area contributed by atoms with Gasteiger partial charge >= 0.3 is 0 Å². The van der Waals surface area contributed by atoms with Crippen LogP contribution in [-0.2, 0) is 4.79 Å². The minimum atomic E-state index is -0.529. The lowest BCUT2D eigenvalue weighted by Gasteiger charge is -2.17. The van der Waals surface area contributed by atoms with Gasteiger partial charge in [0.2, 0.25) is 5.91 Å². The summed E-state index contributed by atoms with van der Waals surface area (Å²) in [6.07, 6.45) is 0. The SMILES string of the molecule is O=C(Nc1ccccc1[N+](=O)[O-])C(Sc1ccccc1)c1ccccc1. The molecule has 1 atom stereocenters. The summed E-state index contributed by atoms with van der Waals surface area (Å²) >= 11 is 1.40. The first-order valence-corrected chi connectivity index (χ1v) is 8.84. The van der Waals surface area contributed by atoms with Crippen molar-refractivity contribution in [3.63, 3.8) is 0 Å². The monoisotopic (exact) mass is 364 g/mol. The number of para-hydroxylation sites is 2. The van der Waals surface area contributed by atoms with Crippen molar-refractivity contribution in [2.75, 3.05) is 5.32 Å². The average Bonchev–Trinajstić information content (AvgIpc) is 2.68. The molecule has 0 aliphatic carbocycles. The van der Waals surface area contributed by atoms with Crippen LogP contribution in [0.5, 0.6) is 0 Å². The molecule has 3 rings (SSSR count). The van der Waals surface area contributed by atoms with E-state index in [1.807, 2.05) is 60.7 Å². The van der Waals surface area contributed by atoms with Crippen molar-refractivity contribution in [3.05, 3.63) is 101 Å². The second-order valence-electron chi connectivity index (χ2n) is 5.49. The number of amides is 1. The highest BCUT2D eigenvalue weighted by Gasteiger charge is 2.24. The fourth-order valence-electron chi connectivity index (χ4n) is 2.47. The number of nitrogens with zero attached hydrogens (tertiary/aromatic N) is 1. The topological polar surface area (TPSA) is 72.2 Å². The molecule has 1 unspecified atom stereocenters. The number of nitro groups is 1. The van der Waals surface area contributed by atoms with Gasteiger partial charge in [-0.2, -0.15) is 0 Å². The summed E-state index contributed by atoms with van der Waals surface area (Å²) in [6.45, 7) is 0. The quantitative estimate of drug-likeness (QED) is 0.377. The number of benzene rings is 3. The summed E-state index contributed by atoms with van der Waals surface area (Å²) in [7, 11) is 0. The van der Waals surface area contributed by atoms with E-state index in [9.17, 15) is 14.9 Å². The Hall–Kier alpha value is -3.12. The van der Waals surface area contributed by atoms with Crippen LogP contribution in [0.3, 0.4) is 0 Å². The maximum Gasteiger partial charge on any atom is 0.292 e. The van der Waals surface area contributed by atoms with Crippen molar-refractivity contribution in [3.8, 4) is 0 Å². The van der Waals surface area contributed by atoms with Crippen LogP contribution in [0.15, 0.2) is 89.8 Å². The van der Waals surface area contributed by atoms with Crippen molar-refractivity contribution < 1.29 is 9.72 Å². The first kappa shape index (κ1) is 17.7. The van der Waals surface area contributed by atoms with Gasteiger partial charge in [0, 0.05) is 11.0 Å². The number of hydrogen-bond donors (Lipinski definition) is 1. The normalized spacial score (nSPS) is 11.5. The summed E-state index contributed by atoms with van der Waals surface area (Å²) in [6, 6.07) is 25.1. The van der Waals surface area contributed by atoms with Crippen LogP contribution < -0.4 is 5.32 Å². The zero-order chi connectivity index (χ0) is 18.4. The van der Waals surface area contributed by atoms with E-state index in [1.54, 1.807) is 12.1 Å². The Morgan fingerprint density at radius 3 is 2.12 bits per heavy atom. The van der Waals surface area contributed by atoms with Gasteiger partial charge in [0.15, 0.2) is 0 Å². The molecule has 0 radical (unpaired) electrons. The number of carbonyl (C=O) groups excluding carboxylic acids is 1. The zero-order valence-electron chi connectivity index (χ0n) is 13.7. The first-order chi connectivity index (χ1) is 12.6. The fourth-order valence-corrected chi connectivity index (χ4v) is 3.52. The first-order valence-electron chi connectivity index (χ1n) is 7.96. The summed E-state index contributed by atoms with van der Waals surface area (Å²) in [5.74, 6) is -0.306. The van der Waals surface area contributed by atoms with Gasteiger partial charge in [-0.1, -0.05) is 60.7 Å². The molecule has 3 aromatic carbocycles. The molecule has 0 aliphatic heterocycles. The van der Waals surface area contributed by atoms with Gasteiger partial charge < -0.3 is 5.32 Å². The van der Waals surface area contributed by atoms with Gasteiger partial charge in [0.25, 0.3) is 5.69 Å². The van der Waals surface area contributed by atoms with Gasteiger partial charge in [-0.15, -0.1) is 11.8 Å². The van der Waals surface area contributed by atoms with Crippen molar-refractivity contribution in [2.45, 2.75) is 10.1 Å². The average molecular weight is 364 g/mol. The standard InChI is InChI=1S/C20H16N2O3S/c23-20(21-17-13-7-8-14-18(17)22(24)25)19(15-9-3-1-4-10-15)26-16-11-5-2-6-12-16/h1-14,19H,(H,21,23). The number of nitro benzene ring substituents is 1. The van der Waals surface area contributed by atoms with Crippen LogP contribution in [0.4, 0.5) is 11.4 Å². The third-order valence-electron chi connectivity index (χ3n) is 3.70. The van der Waals surface area contributed by atoms with E-state index in [0.29, 0.717) is 0 Å². The van der Waals surface area contributed by atoms with E-state index >= 15 is 0 Å². The lowest BCUT2D eigenvalue weighted by Crippen LogP contribution is -2.19. The Morgan fingerprint density at radius 2 is 1.46 bits per heavy atom. The Bertz CT molecular complexity index is 901. The van der Waals surface area contributed by atoms with E-state index in [-0.39, 0.29) is 17.3 Å². The molecule has 0 aliphatic rings. The zero-order valence-corrected chi connectivity index (χ0v) is 14.6. The molecule has 26 heavy (non-hydrogen) atoms. The largest absolute Gasteiger partial charge is 0.319 e. The Balaban J connectivity index is 1.89. The molecule has 6 heteroatoms. The molecule has 130 valence electrons. The number of nitrogens with one attached hydrogen (secondary N) is 1. The second-order valence-corrected chi connectivity index (χ2v) is 6.66. The predicted molar refractivity (Wildman–Crippen MR) is 103 cm³/mol. The van der Waals surface area contributed by atoms with Crippen molar-refractivity contribution in [1.29, 1.82) is 0 Å². The number of thioether (sulfide) groups is 1. The van der Waals surface area contributed by atoms with E-state index in [4.69, 9.17) is 0 Å². The van der Waals surface area contributed by atoms with Crippen molar-refractivity contribution in [2.24, 2.45) is 0 Å². The van der Waals surface area contributed by atoms with Gasteiger partial charge in [0.1, 0.15) is 10.9 Å². The minimum Gasteiger partial charge on any atom is -0.319 e. The lowest BCUT2D eigenvalue weighted by atomic mass is 10.1. The molecule has 0 bridgehead atoms. The number of rotatable bonds is 6. The fraction of sp³-hybridized carbons (Fsp3) is 0.0500. The van der Waals surface area contributed by atoms with E-state index < -0.39 is 10.2 Å². The molecular weight excluding hydrogens is 348 g/mol. The molecule has 5 nitrogen and oxygen atoms in total. The van der Waals surface area contributed by atoms with Crippen LogP contribution in [0.2, 0.25) is 0 Å².